The third-order valence-electron chi connectivity index (χ3n) is 3.72. The molecule has 1 heterocycles. The SMILES string of the molecule is C=CS(=O)(=O)NC[C@H]1CCN(S(=O)(=O)c2cccc(OC)c2)C1. The lowest BCUT2D eigenvalue weighted by atomic mass is 10.1. The molecule has 9 heteroatoms. The minimum atomic E-state index is -3.61. The van der Waals surface area contributed by atoms with Crippen molar-refractivity contribution in [2.75, 3.05) is 26.7 Å². The van der Waals surface area contributed by atoms with Crippen LogP contribution in [0.15, 0.2) is 41.1 Å². The van der Waals surface area contributed by atoms with Crippen molar-refractivity contribution in [3.63, 3.8) is 0 Å². The minimum Gasteiger partial charge on any atom is -0.497 e. The first-order valence-electron chi connectivity index (χ1n) is 7.05. The molecule has 7 nitrogen and oxygen atoms in total. The van der Waals surface area contributed by atoms with Gasteiger partial charge in [0.15, 0.2) is 0 Å². The van der Waals surface area contributed by atoms with E-state index in [9.17, 15) is 16.8 Å². The van der Waals surface area contributed by atoms with E-state index < -0.39 is 20.0 Å². The summed E-state index contributed by atoms with van der Waals surface area (Å²) in [4.78, 5) is 0.171. The maximum absolute atomic E-state index is 12.6. The Bertz CT molecular complexity index is 774. The summed E-state index contributed by atoms with van der Waals surface area (Å²) in [5.74, 6) is 0.408. The molecule has 1 atom stereocenters. The summed E-state index contributed by atoms with van der Waals surface area (Å²) in [5.41, 5.74) is 0. The highest BCUT2D eigenvalue weighted by molar-refractivity contribution is 7.92. The van der Waals surface area contributed by atoms with Gasteiger partial charge in [0.05, 0.1) is 12.0 Å². The van der Waals surface area contributed by atoms with Crippen LogP contribution in [0.3, 0.4) is 0 Å². The first-order valence-corrected chi connectivity index (χ1v) is 10.0. The molecule has 1 aromatic rings. The van der Waals surface area contributed by atoms with Crippen LogP contribution >= 0.6 is 0 Å². The van der Waals surface area contributed by atoms with E-state index in [0.29, 0.717) is 18.7 Å². The van der Waals surface area contributed by atoms with E-state index in [1.54, 1.807) is 12.1 Å². The first-order chi connectivity index (χ1) is 10.8. The summed E-state index contributed by atoms with van der Waals surface area (Å²) in [6.07, 6.45) is 0.600. The number of hydrogen-bond acceptors (Lipinski definition) is 5. The van der Waals surface area contributed by atoms with Gasteiger partial charge in [-0.15, -0.1) is 0 Å². The van der Waals surface area contributed by atoms with Gasteiger partial charge in [-0.2, -0.15) is 4.31 Å². The molecule has 1 fully saturated rings. The van der Waals surface area contributed by atoms with E-state index in [4.69, 9.17) is 4.74 Å². The van der Waals surface area contributed by atoms with E-state index in [-0.39, 0.29) is 23.9 Å². The molecule has 0 bridgehead atoms. The lowest BCUT2D eigenvalue weighted by molar-refractivity contribution is 0.412. The number of nitrogens with one attached hydrogen (secondary N) is 1. The molecule has 0 aliphatic carbocycles. The Kier molecular flexibility index (Phi) is 5.45. The normalized spacial score (nSPS) is 19.6. The second kappa shape index (κ2) is 7.00. The predicted octanol–water partition coefficient (Wildman–Crippen LogP) is 0.769. The van der Waals surface area contributed by atoms with Crippen LogP contribution in [0.5, 0.6) is 5.75 Å². The molecular formula is C14H20N2O5S2. The molecule has 1 aliphatic heterocycles. The van der Waals surface area contributed by atoms with Gasteiger partial charge in [0.25, 0.3) is 0 Å². The smallest absolute Gasteiger partial charge is 0.243 e. The van der Waals surface area contributed by atoms with Gasteiger partial charge < -0.3 is 4.74 Å². The molecule has 128 valence electrons. The summed E-state index contributed by atoms with van der Waals surface area (Å²) in [5, 5.41) is 0.840. The Labute approximate surface area is 137 Å². The fourth-order valence-electron chi connectivity index (χ4n) is 2.39. The summed E-state index contributed by atoms with van der Waals surface area (Å²) in [6, 6.07) is 6.29. The largest absolute Gasteiger partial charge is 0.497 e. The second-order valence-electron chi connectivity index (χ2n) is 5.26. The number of sulfonamides is 2. The molecule has 1 saturated heterocycles. The highest BCUT2D eigenvalue weighted by Gasteiger charge is 2.33. The summed E-state index contributed by atoms with van der Waals surface area (Å²) in [6.45, 7) is 4.05. The van der Waals surface area contributed by atoms with E-state index in [1.165, 1.54) is 23.5 Å². The van der Waals surface area contributed by atoms with Crippen molar-refractivity contribution in [3.05, 3.63) is 36.3 Å². The van der Waals surface area contributed by atoms with E-state index in [1.807, 2.05) is 0 Å². The number of benzene rings is 1. The molecule has 0 unspecified atom stereocenters. The molecule has 2 rings (SSSR count). The van der Waals surface area contributed by atoms with Gasteiger partial charge in [-0.1, -0.05) is 12.6 Å². The van der Waals surface area contributed by atoms with Crippen LogP contribution in [0.25, 0.3) is 0 Å². The Hall–Kier alpha value is -1.42. The average Bonchev–Trinajstić information content (AvgIpc) is 3.03. The lowest BCUT2D eigenvalue weighted by Crippen LogP contribution is -2.32. The van der Waals surface area contributed by atoms with E-state index in [0.717, 1.165) is 5.41 Å². The summed E-state index contributed by atoms with van der Waals surface area (Å²) < 4.78 is 56.8. The minimum absolute atomic E-state index is 0.0647. The molecular weight excluding hydrogens is 340 g/mol. The number of ether oxygens (including phenoxy) is 1. The Balaban J connectivity index is 2.06. The van der Waals surface area contributed by atoms with Gasteiger partial charge in [0.1, 0.15) is 5.75 Å². The van der Waals surface area contributed by atoms with Crippen molar-refractivity contribution in [1.29, 1.82) is 0 Å². The zero-order chi connectivity index (χ0) is 17.1. The molecule has 1 N–H and O–H groups in total. The number of hydrogen-bond donors (Lipinski definition) is 1. The van der Waals surface area contributed by atoms with E-state index in [2.05, 4.69) is 11.3 Å². The maximum Gasteiger partial charge on any atom is 0.243 e. The number of rotatable bonds is 7. The van der Waals surface area contributed by atoms with Gasteiger partial charge in [-0.3, -0.25) is 0 Å². The molecule has 1 aromatic carbocycles. The van der Waals surface area contributed by atoms with Gasteiger partial charge in [-0.25, -0.2) is 21.6 Å². The zero-order valence-corrected chi connectivity index (χ0v) is 14.4. The third-order valence-corrected chi connectivity index (χ3v) is 6.59. The third kappa shape index (κ3) is 4.31. The predicted molar refractivity (Wildman–Crippen MR) is 87.0 cm³/mol. The van der Waals surface area contributed by atoms with Gasteiger partial charge >= 0.3 is 0 Å². The monoisotopic (exact) mass is 360 g/mol. The van der Waals surface area contributed by atoms with Gasteiger partial charge in [0.2, 0.25) is 20.0 Å². The highest BCUT2D eigenvalue weighted by Crippen LogP contribution is 2.26. The van der Waals surface area contributed by atoms with Crippen LogP contribution in [0.1, 0.15) is 6.42 Å². The fraction of sp³-hybridized carbons (Fsp3) is 0.429. The molecule has 1 aliphatic rings. The van der Waals surface area contributed by atoms with Crippen molar-refractivity contribution in [3.8, 4) is 5.75 Å². The molecule has 0 amide bonds. The van der Waals surface area contributed by atoms with Crippen molar-refractivity contribution in [1.82, 2.24) is 9.03 Å². The van der Waals surface area contributed by atoms with Gasteiger partial charge in [0, 0.05) is 31.1 Å². The Morgan fingerprint density at radius 1 is 1.39 bits per heavy atom. The van der Waals surface area contributed by atoms with Gasteiger partial charge in [-0.05, 0) is 24.5 Å². The van der Waals surface area contributed by atoms with Crippen LogP contribution in [0.2, 0.25) is 0 Å². The molecule has 23 heavy (non-hydrogen) atoms. The second-order valence-corrected chi connectivity index (χ2v) is 8.91. The van der Waals surface area contributed by atoms with Crippen molar-refractivity contribution >= 4 is 20.0 Å². The molecule has 0 spiro atoms. The lowest BCUT2D eigenvalue weighted by Gasteiger charge is -2.17. The van der Waals surface area contributed by atoms with Crippen molar-refractivity contribution in [2.24, 2.45) is 5.92 Å². The van der Waals surface area contributed by atoms with Crippen LogP contribution in [-0.4, -0.2) is 47.9 Å². The summed E-state index contributed by atoms with van der Waals surface area (Å²) in [7, 11) is -5.62. The molecule has 0 aromatic heterocycles. The maximum atomic E-state index is 12.6. The molecule has 0 radical (unpaired) electrons. The van der Waals surface area contributed by atoms with Crippen LogP contribution in [-0.2, 0) is 20.0 Å². The van der Waals surface area contributed by atoms with Crippen LogP contribution in [0, 0.1) is 5.92 Å². The van der Waals surface area contributed by atoms with Crippen LogP contribution in [0.4, 0.5) is 0 Å². The topological polar surface area (TPSA) is 92.8 Å². The quantitative estimate of drug-likeness (QED) is 0.775. The molecule has 0 saturated carbocycles. The Morgan fingerprint density at radius 3 is 2.78 bits per heavy atom. The van der Waals surface area contributed by atoms with Crippen molar-refractivity contribution < 1.29 is 21.6 Å². The average molecular weight is 360 g/mol. The van der Waals surface area contributed by atoms with E-state index >= 15 is 0 Å². The first kappa shape index (κ1) is 17.9. The van der Waals surface area contributed by atoms with Crippen LogP contribution < -0.4 is 9.46 Å². The zero-order valence-electron chi connectivity index (χ0n) is 12.8. The number of methoxy groups -OCH3 is 1. The highest BCUT2D eigenvalue weighted by atomic mass is 32.2. The van der Waals surface area contributed by atoms with Crippen molar-refractivity contribution in [2.45, 2.75) is 11.3 Å². The standard InChI is InChI=1S/C14H20N2O5S2/c1-3-22(17,18)15-10-12-7-8-16(11-12)23(19,20)14-6-4-5-13(9-14)21-2/h3-6,9,12,15H,1,7-8,10-11H2,2H3/t12-/m1/s1. The Morgan fingerprint density at radius 2 is 2.13 bits per heavy atom. The summed E-state index contributed by atoms with van der Waals surface area (Å²) >= 11 is 0. The fourth-order valence-corrected chi connectivity index (χ4v) is 4.54. The number of nitrogens with zero attached hydrogens (tertiary/aromatic N) is 1.